The first-order chi connectivity index (χ1) is 9.16. The number of hydrogen-bond donors (Lipinski definition) is 2. The molecule has 21 heavy (non-hydrogen) atoms. The van der Waals surface area contributed by atoms with Crippen LogP contribution >= 0.6 is 36.2 Å². The van der Waals surface area contributed by atoms with Gasteiger partial charge in [-0.05, 0) is 32.9 Å². The van der Waals surface area contributed by atoms with Gasteiger partial charge in [0.1, 0.15) is 5.01 Å². The van der Waals surface area contributed by atoms with E-state index in [1.807, 2.05) is 12.3 Å². The Morgan fingerprint density at radius 1 is 1.48 bits per heavy atom. The molecular formula is C13H23Cl2N3O2S. The first-order valence-corrected chi connectivity index (χ1v) is 7.43. The van der Waals surface area contributed by atoms with Crippen molar-refractivity contribution in [3.8, 4) is 0 Å². The molecule has 0 spiro atoms. The lowest BCUT2D eigenvalue weighted by Gasteiger charge is -2.35. The second-order valence-corrected chi connectivity index (χ2v) is 5.97. The molecule has 5 nitrogen and oxygen atoms in total. The van der Waals surface area contributed by atoms with Gasteiger partial charge in [-0.15, -0.1) is 36.2 Å². The van der Waals surface area contributed by atoms with E-state index in [0.29, 0.717) is 13.2 Å². The number of ether oxygens (including phenoxy) is 1. The molecule has 0 unspecified atom stereocenters. The number of amides is 1. The van der Waals surface area contributed by atoms with Crippen molar-refractivity contribution in [2.45, 2.75) is 26.3 Å². The molecule has 0 aromatic carbocycles. The molecule has 0 radical (unpaired) electrons. The van der Waals surface area contributed by atoms with Crippen LogP contribution in [0.25, 0.3) is 0 Å². The number of halogens is 2. The van der Waals surface area contributed by atoms with Gasteiger partial charge in [-0.1, -0.05) is 0 Å². The molecule has 1 amide bonds. The van der Waals surface area contributed by atoms with Crippen LogP contribution in [0.4, 0.5) is 0 Å². The first-order valence-electron chi connectivity index (χ1n) is 6.55. The number of rotatable bonds is 5. The second kappa shape index (κ2) is 9.58. The molecule has 122 valence electrons. The van der Waals surface area contributed by atoms with E-state index in [0.717, 1.165) is 36.6 Å². The molecular weight excluding hydrogens is 333 g/mol. The zero-order valence-corrected chi connectivity index (χ0v) is 14.8. The molecule has 1 fully saturated rings. The summed E-state index contributed by atoms with van der Waals surface area (Å²) < 4.78 is 5.26. The highest BCUT2D eigenvalue weighted by atomic mass is 35.5. The predicted octanol–water partition coefficient (Wildman–Crippen LogP) is 1.93. The quantitative estimate of drug-likeness (QED) is 0.846. The molecule has 1 aliphatic rings. The number of carbonyl (C=O) groups is 1. The number of aryl methyl sites for hydroxylation is 1. The summed E-state index contributed by atoms with van der Waals surface area (Å²) in [6.45, 7) is 4.69. The summed E-state index contributed by atoms with van der Waals surface area (Å²) in [6, 6.07) is 0. The van der Waals surface area contributed by atoms with Crippen molar-refractivity contribution in [2.24, 2.45) is 5.41 Å². The molecule has 0 saturated carbocycles. The van der Waals surface area contributed by atoms with Gasteiger partial charge in [0.05, 0.1) is 18.6 Å². The number of piperidine rings is 1. The van der Waals surface area contributed by atoms with Gasteiger partial charge in [-0.3, -0.25) is 4.79 Å². The highest BCUT2D eigenvalue weighted by Gasteiger charge is 2.39. The Kier molecular flexibility index (Phi) is 9.40. The van der Waals surface area contributed by atoms with Gasteiger partial charge < -0.3 is 15.4 Å². The van der Waals surface area contributed by atoms with Crippen LogP contribution in [-0.2, 0) is 16.1 Å². The van der Waals surface area contributed by atoms with Gasteiger partial charge in [0.2, 0.25) is 5.91 Å². The van der Waals surface area contributed by atoms with E-state index < -0.39 is 0 Å². The molecule has 0 atom stereocenters. The Labute approximate surface area is 142 Å². The van der Waals surface area contributed by atoms with E-state index in [1.54, 1.807) is 18.4 Å². The van der Waals surface area contributed by atoms with Crippen molar-refractivity contribution in [3.63, 3.8) is 0 Å². The Bertz CT molecular complexity index is 431. The molecule has 1 aliphatic heterocycles. The van der Waals surface area contributed by atoms with E-state index in [1.165, 1.54) is 0 Å². The molecule has 1 saturated heterocycles. The first kappa shape index (κ1) is 20.6. The minimum absolute atomic E-state index is 0. The lowest BCUT2D eigenvalue weighted by molar-refractivity contribution is -0.136. The van der Waals surface area contributed by atoms with E-state index in [-0.39, 0.29) is 36.1 Å². The Balaban J connectivity index is 0.00000200. The van der Waals surface area contributed by atoms with Crippen LogP contribution in [0.1, 0.15) is 23.5 Å². The molecule has 0 bridgehead atoms. The fraction of sp³-hybridized carbons (Fsp3) is 0.692. The van der Waals surface area contributed by atoms with Crippen LogP contribution in [0.3, 0.4) is 0 Å². The zero-order chi connectivity index (χ0) is 13.7. The maximum absolute atomic E-state index is 12.4. The monoisotopic (exact) mass is 355 g/mol. The fourth-order valence-electron chi connectivity index (χ4n) is 2.45. The SMILES string of the molecule is COCC1(C(=O)NCc2nc(C)cs2)CCNCC1.Cl.Cl. The number of nitrogens with one attached hydrogen (secondary N) is 2. The second-order valence-electron chi connectivity index (χ2n) is 5.03. The largest absolute Gasteiger partial charge is 0.384 e. The van der Waals surface area contributed by atoms with Crippen LogP contribution in [0.2, 0.25) is 0 Å². The van der Waals surface area contributed by atoms with Gasteiger partial charge in [0.15, 0.2) is 0 Å². The van der Waals surface area contributed by atoms with Gasteiger partial charge in [0.25, 0.3) is 0 Å². The third kappa shape index (κ3) is 5.38. The maximum atomic E-state index is 12.4. The third-order valence-electron chi connectivity index (χ3n) is 3.53. The molecule has 0 aliphatic carbocycles. The summed E-state index contributed by atoms with van der Waals surface area (Å²) in [5.41, 5.74) is 0.620. The number of thiazole rings is 1. The number of nitrogens with zero attached hydrogens (tertiary/aromatic N) is 1. The normalized spacial score (nSPS) is 16.5. The van der Waals surface area contributed by atoms with Crippen molar-refractivity contribution in [1.82, 2.24) is 15.6 Å². The molecule has 2 N–H and O–H groups in total. The van der Waals surface area contributed by atoms with Crippen LogP contribution in [-0.4, -0.2) is 37.7 Å². The van der Waals surface area contributed by atoms with Gasteiger partial charge >= 0.3 is 0 Å². The molecule has 2 heterocycles. The highest BCUT2D eigenvalue weighted by molar-refractivity contribution is 7.09. The van der Waals surface area contributed by atoms with Gasteiger partial charge in [-0.2, -0.15) is 0 Å². The minimum atomic E-state index is -0.383. The topological polar surface area (TPSA) is 63.2 Å². The molecule has 2 rings (SSSR count). The van der Waals surface area contributed by atoms with Crippen molar-refractivity contribution in [2.75, 3.05) is 26.8 Å². The standard InChI is InChI=1S/C13H21N3O2S.2ClH/c1-10-8-19-11(16-10)7-15-12(17)13(9-18-2)3-5-14-6-4-13;;/h8,14H,3-7,9H2,1-2H3,(H,15,17);2*1H. The Morgan fingerprint density at radius 3 is 2.67 bits per heavy atom. The van der Waals surface area contributed by atoms with Crippen molar-refractivity contribution in [1.29, 1.82) is 0 Å². The maximum Gasteiger partial charge on any atom is 0.228 e. The van der Waals surface area contributed by atoms with E-state index >= 15 is 0 Å². The van der Waals surface area contributed by atoms with Gasteiger partial charge in [0, 0.05) is 18.2 Å². The van der Waals surface area contributed by atoms with Crippen LogP contribution < -0.4 is 10.6 Å². The average molecular weight is 356 g/mol. The van der Waals surface area contributed by atoms with E-state index in [4.69, 9.17) is 4.74 Å². The van der Waals surface area contributed by atoms with E-state index in [9.17, 15) is 4.79 Å². The van der Waals surface area contributed by atoms with Crippen LogP contribution in [0.5, 0.6) is 0 Å². The summed E-state index contributed by atoms with van der Waals surface area (Å²) in [4.78, 5) is 16.8. The Morgan fingerprint density at radius 2 is 2.14 bits per heavy atom. The number of hydrogen-bond acceptors (Lipinski definition) is 5. The number of carbonyl (C=O) groups excluding carboxylic acids is 1. The fourth-order valence-corrected chi connectivity index (χ4v) is 3.16. The summed E-state index contributed by atoms with van der Waals surface area (Å²) in [7, 11) is 1.65. The highest BCUT2D eigenvalue weighted by Crippen LogP contribution is 2.29. The van der Waals surface area contributed by atoms with Gasteiger partial charge in [-0.25, -0.2) is 4.98 Å². The molecule has 8 heteroatoms. The summed E-state index contributed by atoms with van der Waals surface area (Å²) >= 11 is 1.58. The Hall–Kier alpha value is -0.400. The molecule has 1 aromatic rings. The van der Waals surface area contributed by atoms with Crippen molar-refractivity contribution in [3.05, 3.63) is 16.1 Å². The summed E-state index contributed by atoms with van der Waals surface area (Å²) in [6.07, 6.45) is 1.65. The lowest BCUT2D eigenvalue weighted by atomic mass is 9.78. The van der Waals surface area contributed by atoms with E-state index in [2.05, 4.69) is 15.6 Å². The predicted molar refractivity (Wildman–Crippen MR) is 89.6 cm³/mol. The molecule has 1 aromatic heterocycles. The van der Waals surface area contributed by atoms with Crippen molar-refractivity contribution < 1.29 is 9.53 Å². The third-order valence-corrected chi connectivity index (χ3v) is 4.50. The number of methoxy groups -OCH3 is 1. The summed E-state index contributed by atoms with van der Waals surface area (Å²) in [5.74, 6) is 0.0868. The van der Waals surface area contributed by atoms with Crippen LogP contribution in [0, 0.1) is 12.3 Å². The van der Waals surface area contributed by atoms with Crippen molar-refractivity contribution >= 4 is 42.1 Å². The zero-order valence-electron chi connectivity index (χ0n) is 12.3. The smallest absolute Gasteiger partial charge is 0.228 e. The lowest BCUT2D eigenvalue weighted by Crippen LogP contribution is -2.49. The number of aromatic nitrogens is 1. The van der Waals surface area contributed by atoms with Crippen LogP contribution in [0.15, 0.2) is 5.38 Å². The average Bonchev–Trinajstić information content (AvgIpc) is 2.83. The summed E-state index contributed by atoms with van der Waals surface area (Å²) in [5, 5.41) is 9.24. The minimum Gasteiger partial charge on any atom is -0.384 e.